The van der Waals surface area contributed by atoms with E-state index < -0.39 is 11.7 Å². The summed E-state index contributed by atoms with van der Waals surface area (Å²) in [7, 11) is 1.41. The zero-order chi connectivity index (χ0) is 23.1. The molecule has 0 radical (unpaired) electrons. The van der Waals surface area contributed by atoms with Gasteiger partial charge in [-0.2, -0.15) is 0 Å². The normalized spacial score (nSPS) is 14.5. The van der Waals surface area contributed by atoms with Gasteiger partial charge in [0.15, 0.2) is 11.6 Å². The second kappa shape index (κ2) is 8.33. The van der Waals surface area contributed by atoms with Crippen LogP contribution in [-0.2, 0) is 11.2 Å². The number of ether oxygens (including phenoxy) is 2. The quantitative estimate of drug-likeness (QED) is 0.519. The third-order valence-corrected chi connectivity index (χ3v) is 6.31. The van der Waals surface area contributed by atoms with E-state index in [1.807, 2.05) is 24.3 Å². The predicted molar refractivity (Wildman–Crippen MR) is 122 cm³/mol. The van der Waals surface area contributed by atoms with Crippen molar-refractivity contribution in [2.45, 2.75) is 6.42 Å². The van der Waals surface area contributed by atoms with E-state index in [9.17, 15) is 14.0 Å². The Balaban J connectivity index is 1.56. The molecule has 0 unspecified atom stereocenters. The number of methoxy groups -OCH3 is 1. The minimum atomic E-state index is -0.528. The lowest BCUT2D eigenvalue weighted by atomic mass is 9.94. The van der Waals surface area contributed by atoms with Gasteiger partial charge in [0.1, 0.15) is 0 Å². The number of nitrogens with two attached hydrogens (primary N) is 1. The summed E-state index contributed by atoms with van der Waals surface area (Å²) in [5.41, 5.74) is 11.9. The maximum Gasteiger partial charge on any atom is 0.254 e. The van der Waals surface area contributed by atoms with Crippen LogP contribution in [0.1, 0.15) is 31.8 Å². The first kappa shape index (κ1) is 21.2. The first-order valence-corrected chi connectivity index (χ1v) is 10.8. The molecule has 0 bridgehead atoms. The SMILES string of the molecule is COc1cc(-c2cc(C(N)=O)c3c(c2)-c2ccc(C(=O)N4CCOCC4)cc2C3)ccc1F. The average molecular weight is 446 g/mol. The standard InChI is InChI=1S/C26H23FN2O4/c1-32-24-14-15(3-5-23(24)27)17-11-20-19-4-2-16(26(31)29-6-8-33-9-7-29)10-18(19)13-21(20)22(12-17)25(28)30/h2-5,10-12,14H,6-9,13H2,1H3,(H2,28,30). The molecule has 1 aliphatic carbocycles. The largest absolute Gasteiger partial charge is 0.494 e. The molecule has 1 fully saturated rings. The molecule has 3 aromatic rings. The highest BCUT2D eigenvalue weighted by atomic mass is 19.1. The van der Waals surface area contributed by atoms with Gasteiger partial charge in [-0.15, -0.1) is 0 Å². The van der Waals surface area contributed by atoms with Crippen LogP contribution in [0.25, 0.3) is 22.3 Å². The van der Waals surface area contributed by atoms with E-state index in [1.54, 1.807) is 23.1 Å². The minimum Gasteiger partial charge on any atom is -0.494 e. The van der Waals surface area contributed by atoms with E-state index in [1.165, 1.54) is 13.2 Å². The van der Waals surface area contributed by atoms with Crippen LogP contribution in [0.15, 0.2) is 48.5 Å². The van der Waals surface area contributed by atoms with E-state index in [-0.39, 0.29) is 11.7 Å². The summed E-state index contributed by atoms with van der Waals surface area (Å²) in [5.74, 6) is -0.883. The van der Waals surface area contributed by atoms with Gasteiger partial charge in [-0.1, -0.05) is 12.1 Å². The molecule has 0 atom stereocenters. The summed E-state index contributed by atoms with van der Waals surface area (Å²) in [5, 5.41) is 0. The molecule has 1 saturated heterocycles. The molecular weight excluding hydrogens is 423 g/mol. The monoisotopic (exact) mass is 446 g/mol. The van der Waals surface area contributed by atoms with Crippen LogP contribution < -0.4 is 10.5 Å². The highest BCUT2D eigenvalue weighted by Crippen LogP contribution is 2.42. The van der Waals surface area contributed by atoms with Gasteiger partial charge >= 0.3 is 0 Å². The summed E-state index contributed by atoms with van der Waals surface area (Å²) < 4.78 is 24.4. The fraction of sp³-hybridized carbons (Fsp3) is 0.231. The summed E-state index contributed by atoms with van der Waals surface area (Å²) in [6.45, 7) is 2.24. The van der Waals surface area contributed by atoms with Gasteiger partial charge in [0.25, 0.3) is 5.91 Å². The van der Waals surface area contributed by atoms with Crippen LogP contribution >= 0.6 is 0 Å². The van der Waals surface area contributed by atoms with Gasteiger partial charge in [-0.25, -0.2) is 4.39 Å². The van der Waals surface area contributed by atoms with Gasteiger partial charge in [0.05, 0.1) is 20.3 Å². The number of carbonyl (C=O) groups is 2. The van der Waals surface area contributed by atoms with Gasteiger partial charge in [-0.3, -0.25) is 9.59 Å². The highest BCUT2D eigenvalue weighted by molar-refractivity contribution is 6.01. The van der Waals surface area contributed by atoms with E-state index in [0.29, 0.717) is 49.4 Å². The summed E-state index contributed by atoms with van der Waals surface area (Å²) in [6, 6.07) is 13.9. The topological polar surface area (TPSA) is 81.9 Å². The number of hydrogen-bond acceptors (Lipinski definition) is 4. The van der Waals surface area contributed by atoms with E-state index in [0.717, 1.165) is 27.8 Å². The Morgan fingerprint density at radius 2 is 1.79 bits per heavy atom. The molecule has 6 nitrogen and oxygen atoms in total. The van der Waals surface area contributed by atoms with Crippen molar-refractivity contribution in [1.82, 2.24) is 4.90 Å². The Bertz CT molecular complexity index is 1280. The smallest absolute Gasteiger partial charge is 0.254 e. The molecule has 1 aliphatic heterocycles. The molecule has 5 rings (SSSR count). The fourth-order valence-corrected chi connectivity index (χ4v) is 4.60. The molecular formula is C26H23FN2O4. The van der Waals surface area contributed by atoms with Crippen LogP contribution in [0.3, 0.4) is 0 Å². The Kier molecular flexibility index (Phi) is 5.34. The third kappa shape index (κ3) is 3.74. The lowest BCUT2D eigenvalue weighted by molar-refractivity contribution is 0.0303. The predicted octanol–water partition coefficient (Wildman–Crippen LogP) is 3.64. The number of primary amides is 1. The molecule has 2 N–H and O–H groups in total. The molecule has 7 heteroatoms. The molecule has 0 aromatic heterocycles. The summed E-state index contributed by atoms with van der Waals surface area (Å²) in [4.78, 5) is 27.0. The Morgan fingerprint density at radius 1 is 1.00 bits per heavy atom. The van der Waals surface area contributed by atoms with Crippen molar-refractivity contribution in [3.8, 4) is 28.0 Å². The van der Waals surface area contributed by atoms with Crippen molar-refractivity contribution in [2.24, 2.45) is 5.73 Å². The molecule has 168 valence electrons. The number of morpholine rings is 1. The van der Waals surface area contributed by atoms with E-state index in [2.05, 4.69) is 0 Å². The maximum absolute atomic E-state index is 13.9. The molecule has 33 heavy (non-hydrogen) atoms. The van der Waals surface area contributed by atoms with Crippen molar-refractivity contribution in [2.75, 3.05) is 33.4 Å². The highest BCUT2D eigenvalue weighted by Gasteiger charge is 2.27. The van der Waals surface area contributed by atoms with Crippen LogP contribution in [0.4, 0.5) is 4.39 Å². The van der Waals surface area contributed by atoms with E-state index >= 15 is 0 Å². The number of benzene rings is 3. The lowest BCUT2D eigenvalue weighted by Gasteiger charge is -2.27. The molecule has 3 aromatic carbocycles. The van der Waals surface area contributed by atoms with Crippen molar-refractivity contribution in [1.29, 1.82) is 0 Å². The average Bonchev–Trinajstić information content (AvgIpc) is 3.21. The van der Waals surface area contributed by atoms with Crippen molar-refractivity contribution in [3.63, 3.8) is 0 Å². The summed E-state index contributed by atoms with van der Waals surface area (Å²) in [6.07, 6.45) is 0.514. The van der Waals surface area contributed by atoms with Crippen LogP contribution in [-0.4, -0.2) is 50.1 Å². The molecule has 2 aliphatic rings. The molecule has 1 heterocycles. The summed E-state index contributed by atoms with van der Waals surface area (Å²) >= 11 is 0. The molecule has 0 spiro atoms. The number of fused-ring (bicyclic) bond motifs is 3. The Hall–Kier alpha value is -3.71. The second-order valence-corrected chi connectivity index (χ2v) is 8.22. The van der Waals surface area contributed by atoms with Crippen LogP contribution in [0.2, 0.25) is 0 Å². The zero-order valence-electron chi connectivity index (χ0n) is 18.2. The minimum absolute atomic E-state index is 0.0220. The van der Waals surface area contributed by atoms with Gasteiger partial charge in [-0.05, 0) is 76.2 Å². The van der Waals surface area contributed by atoms with Gasteiger partial charge in [0.2, 0.25) is 5.91 Å². The number of rotatable bonds is 4. The lowest BCUT2D eigenvalue weighted by Crippen LogP contribution is -2.40. The Morgan fingerprint density at radius 3 is 2.52 bits per heavy atom. The van der Waals surface area contributed by atoms with Crippen molar-refractivity contribution >= 4 is 11.8 Å². The van der Waals surface area contributed by atoms with Crippen LogP contribution in [0, 0.1) is 5.82 Å². The zero-order valence-corrected chi connectivity index (χ0v) is 18.2. The van der Waals surface area contributed by atoms with Crippen molar-refractivity contribution in [3.05, 3.63) is 76.6 Å². The fourth-order valence-electron chi connectivity index (χ4n) is 4.60. The Labute approximate surface area is 190 Å². The second-order valence-electron chi connectivity index (χ2n) is 8.22. The number of amides is 2. The third-order valence-electron chi connectivity index (χ3n) is 6.31. The first-order valence-electron chi connectivity index (χ1n) is 10.8. The number of halogens is 1. The van der Waals surface area contributed by atoms with Gasteiger partial charge in [0, 0.05) is 24.2 Å². The van der Waals surface area contributed by atoms with Gasteiger partial charge < -0.3 is 20.1 Å². The van der Waals surface area contributed by atoms with Crippen LogP contribution in [0.5, 0.6) is 5.75 Å². The number of hydrogen-bond donors (Lipinski definition) is 1. The maximum atomic E-state index is 13.9. The first-order chi connectivity index (χ1) is 16.0. The molecule has 2 amide bonds. The van der Waals surface area contributed by atoms with Crippen molar-refractivity contribution < 1.29 is 23.5 Å². The number of nitrogens with zero attached hydrogens (tertiary/aromatic N) is 1. The molecule has 0 saturated carbocycles. The van der Waals surface area contributed by atoms with E-state index in [4.69, 9.17) is 15.2 Å². The number of carbonyl (C=O) groups excluding carboxylic acids is 2.